The number of carbonyl (C=O) groups is 1. The molecule has 0 radical (unpaired) electrons. The summed E-state index contributed by atoms with van der Waals surface area (Å²) in [5, 5.41) is 20.4. The van der Waals surface area contributed by atoms with Crippen molar-refractivity contribution in [3.63, 3.8) is 0 Å². The van der Waals surface area contributed by atoms with Gasteiger partial charge in [0.2, 0.25) is 0 Å². The summed E-state index contributed by atoms with van der Waals surface area (Å²) < 4.78 is 29.2. The molecular weight excluding hydrogens is 364 g/mol. The van der Waals surface area contributed by atoms with Crippen LogP contribution in [0, 0.1) is 0 Å². The van der Waals surface area contributed by atoms with Gasteiger partial charge in [0, 0.05) is 41.0 Å². The first-order chi connectivity index (χ1) is 13.2. The maximum absolute atomic E-state index is 13.6. The van der Waals surface area contributed by atoms with Gasteiger partial charge in [-0.05, 0) is 35.7 Å². The summed E-state index contributed by atoms with van der Waals surface area (Å²) in [5.74, 6) is -3.71. The predicted molar refractivity (Wildman–Crippen MR) is 103 cm³/mol. The molecule has 2 N–H and O–H groups in total. The summed E-state index contributed by atoms with van der Waals surface area (Å²) >= 11 is 0. The van der Waals surface area contributed by atoms with Crippen LogP contribution in [0.25, 0.3) is 22.0 Å². The Bertz CT molecular complexity index is 1080. The summed E-state index contributed by atoms with van der Waals surface area (Å²) in [6.07, 6.45) is -0.477. The van der Waals surface area contributed by atoms with E-state index in [1.54, 1.807) is 30.3 Å². The van der Waals surface area contributed by atoms with Crippen molar-refractivity contribution in [3.05, 3.63) is 53.7 Å². The molecule has 0 aliphatic heterocycles. The normalized spacial score (nSPS) is 16.5. The number of halogens is 2. The number of rotatable bonds is 4. The molecule has 146 valence electrons. The first kappa shape index (κ1) is 18.5. The van der Waals surface area contributed by atoms with Gasteiger partial charge in [0.25, 0.3) is 5.92 Å². The predicted octanol–water partition coefficient (Wildman–Crippen LogP) is 5.81. The number of phenols is 1. The zero-order chi connectivity index (χ0) is 20.2. The molecule has 0 bridgehead atoms. The number of carboxylic acid groups (broad SMARTS) is 1. The van der Waals surface area contributed by atoms with Gasteiger partial charge >= 0.3 is 5.97 Å². The average molecular weight is 385 g/mol. The highest BCUT2D eigenvalue weighted by Gasteiger charge is 2.47. The molecule has 1 aliphatic carbocycles. The molecule has 2 aromatic carbocycles. The van der Waals surface area contributed by atoms with Gasteiger partial charge in [-0.3, -0.25) is 0 Å². The van der Waals surface area contributed by atoms with Gasteiger partial charge in [0.15, 0.2) is 0 Å². The molecule has 1 aromatic heterocycles. The van der Waals surface area contributed by atoms with E-state index >= 15 is 0 Å². The minimum Gasteiger partial charge on any atom is -0.508 e. The van der Waals surface area contributed by atoms with E-state index < -0.39 is 11.9 Å². The Labute approximate surface area is 161 Å². The lowest BCUT2D eigenvalue weighted by molar-refractivity contribution is -0.103. The van der Waals surface area contributed by atoms with Crippen LogP contribution in [0.15, 0.2) is 42.5 Å². The quantitative estimate of drug-likeness (QED) is 0.596. The van der Waals surface area contributed by atoms with Crippen LogP contribution in [-0.2, 0) is 0 Å². The molecule has 4 nitrogen and oxygen atoms in total. The van der Waals surface area contributed by atoms with Gasteiger partial charge in [0.05, 0.1) is 5.56 Å². The molecule has 0 amide bonds. The number of hydrogen-bond acceptors (Lipinski definition) is 2. The van der Waals surface area contributed by atoms with Crippen LogP contribution in [0.2, 0.25) is 0 Å². The summed E-state index contributed by atoms with van der Waals surface area (Å²) in [6.45, 7) is 3.93. The van der Waals surface area contributed by atoms with E-state index in [9.17, 15) is 23.8 Å². The molecular formula is C22H21F2NO3. The van der Waals surface area contributed by atoms with E-state index in [0.717, 1.165) is 11.2 Å². The van der Waals surface area contributed by atoms with Gasteiger partial charge in [-0.15, -0.1) is 0 Å². The van der Waals surface area contributed by atoms with Crippen molar-refractivity contribution in [2.75, 3.05) is 0 Å². The van der Waals surface area contributed by atoms with E-state index in [-0.39, 0.29) is 36.1 Å². The number of nitrogens with zero attached hydrogens (tertiary/aromatic N) is 1. The standard InChI is InChI=1S/C22H21F2NO3/c1-12(2)20-19(15-5-3-4-6-16(15)21(27)28)17-9-14(26)7-8-18(17)25(20)13-10-22(23,24)11-13/h3-9,12-13,26H,10-11H2,1-2H3,(H,27,28). The Hall–Kier alpha value is -2.89. The van der Waals surface area contributed by atoms with Gasteiger partial charge in [-0.2, -0.15) is 0 Å². The molecule has 1 saturated carbocycles. The molecule has 0 saturated heterocycles. The third-order valence-electron chi connectivity index (χ3n) is 5.43. The molecule has 6 heteroatoms. The van der Waals surface area contributed by atoms with Crippen LogP contribution in [-0.4, -0.2) is 26.7 Å². The largest absolute Gasteiger partial charge is 0.508 e. The monoisotopic (exact) mass is 385 g/mol. The molecule has 3 aromatic rings. The SMILES string of the molecule is CC(C)c1c(-c2ccccc2C(=O)O)c2cc(O)ccc2n1C1CC(F)(F)C1. The third-order valence-corrected chi connectivity index (χ3v) is 5.43. The smallest absolute Gasteiger partial charge is 0.336 e. The maximum atomic E-state index is 13.6. The number of phenolic OH excluding ortho intramolecular Hbond substituents is 1. The Balaban J connectivity index is 2.08. The van der Waals surface area contributed by atoms with Gasteiger partial charge < -0.3 is 14.8 Å². The van der Waals surface area contributed by atoms with E-state index in [1.807, 2.05) is 18.4 Å². The number of benzene rings is 2. The molecule has 4 rings (SSSR count). The lowest BCUT2D eigenvalue weighted by Crippen LogP contribution is -2.37. The number of alkyl halides is 2. The molecule has 1 fully saturated rings. The molecule has 0 spiro atoms. The lowest BCUT2D eigenvalue weighted by atomic mass is 9.87. The number of carboxylic acids is 1. The number of aromatic carboxylic acids is 1. The average Bonchev–Trinajstić information content (AvgIpc) is 2.93. The van der Waals surface area contributed by atoms with Crippen molar-refractivity contribution in [3.8, 4) is 16.9 Å². The Morgan fingerprint density at radius 1 is 1.18 bits per heavy atom. The number of aromatic nitrogens is 1. The second-order valence-corrected chi connectivity index (χ2v) is 7.76. The van der Waals surface area contributed by atoms with E-state index in [1.165, 1.54) is 12.1 Å². The molecule has 28 heavy (non-hydrogen) atoms. The molecule has 1 aliphatic rings. The van der Waals surface area contributed by atoms with Gasteiger partial charge in [-0.1, -0.05) is 32.0 Å². The highest BCUT2D eigenvalue weighted by molar-refractivity contribution is 6.05. The van der Waals surface area contributed by atoms with Gasteiger partial charge in [0.1, 0.15) is 5.75 Å². The minimum atomic E-state index is -2.68. The van der Waals surface area contributed by atoms with Crippen molar-refractivity contribution >= 4 is 16.9 Å². The zero-order valence-corrected chi connectivity index (χ0v) is 15.6. The lowest BCUT2D eigenvalue weighted by Gasteiger charge is -2.38. The summed E-state index contributed by atoms with van der Waals surface area (Å²) in [4.78, 5) is 11.8. The zero-order valence-electron chi connectivity index (χ0n) is 15.6. The number of hydrogen-bond donors (Lipinski definition) is 2. The number of aromatic hydroxyl groups is 1. The summed E-state index contributed by atoms with van der Waals surface area (Å²) in [7, 11) is 0. The van der Waals surface area contributed by atoms with Crippen molar-refractivity contribution in [1.82, 2.24) is 4.57 Å². The Kier molecular flexibility index (Phi) is 4.17. The highest BCUT2D eigenvalue weighted by atomic mass is 19.3. The maximum Gasteiger partial charge on any atom is 0.336 e. The van der Waals surface area contributed by atoms with Crippen molar-refractivity contribution in [1.29, 1.82) is 0 Å². The van der Waals surface area contributed by atoms with E-state index in [2.05, 4.69) is 0 Å². The van der Waals surface area contributed by atoms with E-state index in [4.69, 9.17) is 0 Å². The van der Waals surface area contributed by atoms with Crippen molar-refractivity contribution in [2.24, 2.45) is 0 Å². The molecule has 0 atom stereocenters. The fourth-order valence-electron chi connectivity index (χ4n) is 4.27. The third kappa shape index (κ3) is 2.84. The fourth-order valence-corrected chi connectivity index (χ4v) is 4.27. The minimum absolute atomic E-state index is 0.0272. The Morgan fingerprint density at radius 2 is 1.86 bits per heavy atom. The van der Waals surface area contributed by atoms with Gasteiger partial charge in [-0.25, -0.2) is 13.6 Å². The van der Waals surface area contributed by atoms with Crippen LogP contribution in [0.4, 0.5) is 8.78 Å². The topological polar surface area (TPSA) is 62.5 Å². The van der Waals surface area contributed by atoms with Crippen LogP contribution in [0.5, 0.6) is 5.75 Å². The summed E-state index contributed by atoms with van der Waals surface area (Å²) in [6, 6.07) is 11.2. The molecule has 1 heterocycles. The highest BCUT2D eigenvalue weighted by Crippen LogP contribution is 2.51. The fraction of sp³-hybridized carbons (Fsp3) is 0.318. The van der Waals surface area contributed by atoms with Crippen LogP contribution in [0.3, 0.4) is 0 Å². The Morgan fingerprint density at radius 3 is 2.46 bits per heavy atom. The van der Waals surface area contributed by atoms with Crippen LogP contribution < -0.4 is 0 Å². The second-order valence-electron chi connectivity index (χ2n) is 7.76. The first-order valence-electron chi connectivity index (χ1n) is 9.27. The van der Waals surface area contributed by atoms with Crippen molar-refractivity contribution < 1.29 is 23.8 Å². The number of fused-ring (bicyclic) bond motifs is 1. The second kappa shape index (κ2) is 6.33. The first-order valence-corrected chi connectivity index (χ1v) is 9.27. The van der Waals surface area contributed by atoms with Crippen LogP contribution in [0.1, 0.15) is 54.7 Å². The summed E-state index contributed by atoms with van der Waals surface area (Å²) in [5.41, 5.74) is 2.91. The van der Waals surface area contributed by atoms with E-state index in [0.29, 0.717) is 16.5 Å². The molecule has 0 unspecified atom stereocenters. The van der Waals surface area contributed by atoms with Crippen molar-refractivity contribution in [2.45, 2.75) is 44.6 Å². The van der Waals surface area contributed by atoms with Crippen LogP contribution >= 0.6 is 0 Å².